The van der Waals surface area contributed by atoms with Crippen molar-refractivity contribution in [1.82, 2.24) is 4.90 Å². The molecule has 3 aromatic carbocycles. The van der Waals surface area contributed by atoms with E-state index in [0.717, 1.165) is 25.8 Å². The maximum Gasteiger partial charge on any atom is 0.310 e. The van der Waals surface area contributed by atoms with Gasteiger partial charge in [-0.1, -0.05) is 104 Å². The van der Waals surface area contributed by atoms with Gasteiger partial charge in [-0.15, -0.1) is 0 Å². The smallest absolute Gasteiger partial charge is 0.310 e. The molecule has 3 aromatic rings. The van der Waals surface area contributed by atoms with Crippen molar-refractivity contribution in [3.8, 4) is 0 Å². The van der Waals surface area contributed by atoms with Gasteiger partial charge in [0.05, 0.1) is 18.1 Å². The van der Waals surface area contributed by atoms with Crippen LogP contribution in [-0.4, -0.2) is 30.6 Å². The van der Waals surface area contributed by atoms with E-state index in [9.17, 15) is 4.79 Å². The van der Waals surface area contributed by atoms with Gasteiger partial charge in [-0.05, 0) is 29.5 Å². The van der Waals surface area contributed by atoms with E-state index >= 15 is 0 Å². The molecular weight excluding hydrogens is 382 g/mol. The van der Waals surface area contributed by atoms with Crippen molar-refractivity contribution in [2.24, 2.45) is 5.92 Å². The largest absolute Gasteiger partial charge is 0.465 e. The summed E-state index contributed by atoms with van der Waals surface area (Å²) in [6, 6.07) is 32.0. The van der Waals surface area contributed by atoms with Gasteiger partial charge in [-0.2, -0.15) is 0 Å². The zero-order chi connectivity index (χ0) is 21.5. The van der Waals surface area contributed by atoms with Gasteiger partial charge in [-0.25, -0.2) is 0 Å². The molecule has 1 atom stereocenters. The van der Waals surface area contributed by atoms with Gasteiger partial charge in [0.1, 0.15) is 0 Å². The number of unbranched alkanes of at least 4 members (excludes halogenated alkanes) is 1. The van der Waals surface area contributed by atoms with Gasteiger partial charge >= 0.3 is 5.97 Å². The van der Waals surface area contributed by atoms with Crippen LogP contribution in [0.2, 0.25) is 0 Å². The summed E-state index contributed by atoms with van der Waals surface area (Å²) in [7, 11) is 0. The number of carbonyl (C=O) groups excluding carboxylic acids is 1. The number of hydrogen-bond acceptors (Lipinski definition) is 3. The molecule has 0 aromatic heterocycles. The van der Waals surface area contributed by atoms with E-state index < -0.39 is 5.54 Å². The Kier molecular flexibility index (Phi) is 6.83. The van der Waals surface area contributed by atoms with Crippen LogP contribution in [-0.2, 0) is 15.1 Å². The Morgan fingerprint density at radius 3 is 1.81 bits per heavy atom. The van der Waals surface area contributed by atoms with Crippen LogP contribution in [0, 0.1) is 5.92 Å². The Balaban J connectivity index is 1.78. The minimum absolute atomic E-state index is 0.0564. The van der Waals surface area contributed by atoms with Crippen LogP contribution in [0.25, 0.3) is 0 Å². The summed E-state index contributed by atoms with van der Waals surface area (Å²) < 4.78 is 5.58. The Hall–Kier alpha value is -2.91. The molecule has 1 unspecified atom stereocenters. The Morgan fingerprint density at radius 2 is 1.35 bits per heavy atom. The van der Waals surface area contributed by atoms with Crippen molar-refractivity contribution in [1.29, 1.82) is 0 Å². The molecule has 3 nitrogen and oxygen atoms in total. The summed E-state index contributed by atoms with van der Waals surface area (Å²) in [6.45, 7) is 4.15. The maximum atomic E-state index is 12.8. The first-order valence-corrected chi connectivity index (χ1v) is 11.3. The van der Waals surface area contributed by atoms with Gasteiger partial charge in [-0.3, -0.25) is 9.69 Å². The molecule has 0 aliphatic carbocycles. The van der Waals surface area contributed by atoms with Crippen molar-refractivity contribution in [2.45, 2.75) is 31.7 Å². The Morgan fingerprint density at radius 1 is 0.871 bits per heavy atom. The number of likely N-dealkylation sites (tertiary alicyclic amines) is 1. The molecule has 1 fully saturated rings. The van der Waals surface area contributed by atoms with Crippen LogP contribution in [0.1, 0.15) is 42.9 Å². The average molecular weight is 414 g/mol. The van der Waals surface area contributed by atoms with E-state index in [1.54, 1.807) is 0 Å². The molecule has 0 radical (unpaired) electrons. The summed E-state index contributed by atoms with van der Waals surface area (Å²) in [6.07, 6.45) is 2.77. The second-order valence-electron chi connectivity index (χ2n) is 8.26. The highest BCUT2D eigenvalue weighted by Crippen LogP contribution is 2.44. The zero-order valence-corrected chi connectivity index (χ0v) is 18.2. The molecule has 0 spiro atoms. The number of ether oxygens (including phenoxy) is 1. The lowest BCUT2D eigenvalue weighted by molar-refractivity contribution is -0.148. The van der Waals surface area contributed by atoms with Crippen molar-refractivity contribution in [3.63, 3.8) is 0 Å². The molecule has 1 heterocycles. The highest BCUT2D eigenvalue weighted by molar-refractivity contribution is 5.73. The highest BCUT2D eigenvalue weighted by atomic mass is 16.5. The van der Waals surface area contributed by atoms with E-state index in [-0.39, 0.29) is 11.9 Å². The maximum absolute atomic E-state index is 12.8. The van der Waals surface area contributed by atoms with E-state index in [2.05, 4.69) is 103 Å². The highest BCUT2D eigenvalue weighted by Gasteiger charge is 2.46. The second-order valence-corrected chi connectivity index (χ2v) is 8.26. The lowest BCUT2D eigenvalue weighted by Crippen LogP contribution is -2.47. The van der Waals surface area contributed by atoms with Crippen molar-refractivity contribution in [3.05, 3.63) is 108 Å². The minimum atomic E-state index is -0.456. The van der Waals surface area contributed by atoms with E-state index in [1.807, 2.05) is 0 Å². The normalized spacial score (nSPS) is 16.9. The molecule has 0 bridgehead atoms. The van der Waals surface area contributed by atoms with Crippen LogP contribution in [0.4, 0.5) is 0 Å². The Labute approximate surface area is 185 Å². The van der Waals surface area contributed by atoms with Gasteiger partial charge in [0.15, 0.2) is 0 Å². The fourth-order valence-corrected chi connectivity index (χ4v) is 4.78. The van der Waals surface area contributed by atoms with Crippen molar-refractivity contribution in [2.75, 3.05) is 19.7 Å². The van der Waals surface area contributed by atoms with E-state index in [1.165, 1.54) is 16.7 Å². The Bertz CT molecular complexity index is 859. The second kappa shape index (κ2) is 9.93. The molecule has 3 heteroatoms. The first kappa shape index (κ1) is 21.3. The van der Waals surface area contributed by atoms with Gasteiger partial charge in [0.2, 0.25) is 0 Å². The van der Waals surface area contributed by atoms with Crippen LogP contribution in [0.5, 0.6) is 0 Å². The van der Waals surface area contributed by atoms with Gasteiger partial charge in [0, 0.05) is 13.1 Å². The predicted octanol–water partition coefficient (Wildman–Crippen LogP) is 5.64. The SMILES string of the molecule is CCCCOC(=O)C1CCN(C(c2ccccc2)(c2ccccc2)c2ccccc2)C1. The lowest BCUT2D eigenvalue weighted by Gasteiger charge is -2.44. The number of hydrogen-bond donors (Lipinski definition) is 0. The first-order valence-electron chi connectivity index (χ1n) is 11.3. The number of benzene rings is 3. The topological polar surface area (TPSA) is 29.5 Å². The molecule has 1 aliphatic heterocycles. The average Bonchev–Trinajstić information content (AvgIpc) is 3.33. The van der Waals surface area contributed by atoms with Crippen molar-refractivity contribution >= 4 is 5.97 Å². The van der Waals surface area contributed by atoms with Crippen LogP contribution < -0.4 is 0 Å². The number of rotatable bonds is 8. The minimum Gasteiger partial charge on any atom is -0.465 e. The molecule has 0 amide bonds. The molecule has 4 rings (SSSR count). The first-order chi connectivity index (χ1) is 15.3. The fraction of sp³-hybridized carbons (Fsp3) is 0.321. The standard InChI is InChI=1S/C28H31NO2/c1-2-3-21-31-27(30)23-19-20-29(22-23)28(24-13-7-4-8-14-24,25-15-9-5-10-16-25)26-17-11-6-12-18-26/h4-18,23H,2-3,19-22H2,1H3. The summed E-state index contributed by atoms with van der Waals surface area (Å²) >= 11 is 0. The molecule has 0 N–H and O–H groups in total. The summed E-state index contributed by atoms with van der Waals surface area (Å²) in [4.78, 5) is 15.2. The third-order valence-corrected chi connectivity index (χ3v) is 6.31. The van der Waals surface area contributed by atoms with Crippen LogP contribution in [0.15, 0.2) is 91.0 Å². The molecule has 31 heavy (non-hydrogen) atoms. The molecule has 160 valence electrons. The number of nitrogens with zero attached hydrogens (tertiary/aromatic N) is 1. The lowest BCUT2D eigenvalue weighted by atomic mass is 9.75. The van der Waals surface area contributed by atoms with Gasteiger partial charge in [0.25, 0.3) is 0 Å². The third kappa shape index (κ3) is 4.28. The van der Waals surface area contributed by atoms with Gasteiger partial charge < -0.3 is 4.74 Å². The van der Waals surface area contributed by atoms with Crippen molar-refractivity contribution < 1.29 is 9.53 Å². The monoisotopic (exact) mass is 413 g/mol. The summed E-state index contributed by atoms with van der Waals surface area (Å²) in [5.74, 6) is -0.147. The molecule has 1 aliphatic rings. The number of esters is 1. The van der Waals surface area contributed by atoms with Crippen LogP contribution >= 0.6 is 0 Å². The summed E-state index contributed by atoms with van der Waals surface area (Å²) in [5.41, 5.74) is 3.19. The molecule has 1 saturated heterocycles. The zero-order valence-electron chi connectivity index (χ0n) is 18.2. The predicted molar refractivity (Wildman–Crippen MR) is 125 cm³/mol. The molecule has 0 saturated carbocycles. The third-order valence-electron chi connectivity index (χ3n) is 6.31. The van der Waals surface area contributed by atoms with E-state index in [0.29, 0.717) is 13.2 Å². The number of carbonyl (C=O) groups is 1. The quantitative estimate of drug-likeness (QED) is 0.272. The fourth-order valence-electron chi connectivity index (χ4n) is 4.78. The van der Waals surface area contributed by atoms with E-state index in [4.69, 9.17) is 4.74 Å². The van der Waals surface area contributed by atoms with Crippen LogP contribution in [0.3, 0.4) is 0 Å². The summed E-state index contributed by atoms with van der Waals surface area (Å²) in [5, 5.41) is 0. The molecular formula is C28H31NO2.